The first-order chi connectivity index (χ1) is 7.59. The van der Waals surface area contributed by atoms with Crippen LogP contribution in [0.3, 0.4) is 0 Å². The second kappa shape index (κ2) is 4.17. The van der Waals surface area contributed by atoms with Crippen LogP contribution in [0.5, 0.6) is 0 Å². The van der Waals surface area contributed by atoms with Crippen LogP contribution < -0.4 is 4.73 Å². The number of fused-ring (bicyclic) bond motifs is 1. The van der Waals surface area contributed by atoms with Crippen LogP contribution in [0.1, 0.15) is 11.5 Å². The van der Waals surface area contributed by atoms with E-state index in [4.69, 9.17) is 0 Å². The molecule has 0 aliphatic rings. The summed E-state index contributed by atoms with van der Waals surface area (Å²) in [5, 5.41) is 12.7. The molecule has 0 radical (unpaired) electrons. The zero-order valence-electron chi connectivity index (χ0n) is 9.14. The van der Waals surface area contributed by atoms with Crippen LogP contribution in [-0.4, -0.2) is 15.4 Å². The van der Waals surface area contributed by atoms with Crippen molar-refractivity contribution < 1.29 is 8.94 Å². The fourth-order valence-corrected chi connectivity index (χ4v) is 2.18. The molecule has 0 amide bonds. The van der Waals surface area contributed by atoms with Gasteiger partial charge in [-0.15, -0.1) is 0 Å². The molecule has 0 aliphatic heterocycles. The number of rotatable bonds is 2. The van der Waals surface area contributed by atoms with Crippen molar-refractivity contribution in [3.8, 4) is 0 Å². The minimum atomic E-state index is -1.06. The summed E-state index contributed by atoms with van der Waals surface area (Å²) in [5.41, 5.74) is 1.37. The molecule has 84 valence electrons. The number of nitrogens with zero attached hydrogens (tertiary/aromatic N) is 2. The predicted octanol–water partition coefficient (Wildman–Crippen LogP) is 1.06. The van der Waals surface area contributed by atoms with Gasteiger partial charge in [-0.2, -0.15) is 0 Å². The van der Waals surface area contributed by atoms with Gasteiger partial charge in [-0.25, -0.2) is 4.73 Å². The van der Waals surface area contributed by atoms with Crippen LogP contribution in [0.25, 0.3) is 10.9 Å². The summed E-state index contributed by atoms with van der Waals surface area (Å²) >= 11 is 0. The molecule has 1 heterocycles. The van der Waals surface area contributed by atoms with E-state index in [0.717, 1.165) is 15.6 Å². The van der Waals surface area contributed by atoms with Crippen molar-refractivity contribution in [2.24, 2.45) is 0 Å². The van der Waals surface area contributed by atoms with Crippen molar-refractivity contribution in [3.63, 3.8) is 0 Å². The van der Waals surface area contributed by atoms with Gasteiger partial charge in [0, 0.05) is 17.1 Å². The highest BCUT2D eigenvalue weighted by molar-refractivity contribution is 7.83. The normalized spacial score (nSPS) is 12.9. The van der Waals surface area contributed by atoms with E-state index in [-0.39, 0.29) is 5.75 Å². The van der Waals surface area contributed by atoms with E-state index in [2.05, 4.69) is 4.98 Å². The maximum absolute atomic E-state index is 11.8. The molecule has 4 nitrogen and oxygen atoms in total. The molecule has 5 heteroatoms. The molecular formula is C11H12N2O2S. The van der Waals surface area contributed by atoms with E-state index in [9.17, 15) is 9.42 Å². The van der Waals surface area contributed by atoms with Crippen molar-refractivity contribution in [2.45, 2.75) is 12.7 Å². The number of aromatic nitrogens is 2. The summed E-state index contributed by atoms with van der Waals surface area (Å²) in [7, 11) is -1.06. The Hall–Kier alpha value is -1.49. The average Bonchev–Trinajstić information content (AvgIpc) is 2.25. The van der Waals surface area contributed by atoms with E-state index in [1.165, 1.54) is 0 Å². The molecule has 0 N–H and O–H groups in total. The Kier molecular flexibility index (Phi) is 2.87. The Morgan fingerprint density at radius 2 is 2.12 bits per heavy atom. The fourth-order valence-electron chi connectivity index (χ4n) is 1.64. The molecule has 1 aromatic carbocycles. The zero-order valence-corrected chi connectivity index (χ0v) is 9.95. The SMILES string of the molecule is Cc1c2ccccc2nc(C[S@@](C)=O)[n+]1[O-]. The predicted molar refractivity (Wildman–Crippen MR) is 63.2 cm³/mol. The van der Waals surface area contributed by atoms with Crippen molar-refractivity contribution in [3.05, 3.63) is 41.0 Å². The Labute approximate surface area is 96.0 Å². The summed E-state index contributed by atoms with van der Waals surface area (Å²) in [6, 6.07) is 7.45. The minimum Gasteiger partial charge on any atom is -0.711 e. The quantitative estimate of drug-likeness (QED) is 0.578. The number of aryl methyl sites for hydroxylation is 1. The third-order valence-electron chi connectivity index (χ3n) is 2.41. The molecule has 0 aliphatic carbocycles. The number of hydrogen-bond acceptors (Lipinski definition) is 3. The molecule has 16 heavy (non-hydrogen) atoms. The van der Waals surface area contributed by atoms with Crippen molar-refractivity contribution >= 4 is 21.7 Å². The van der Waals surface area contributed by atoms with E-state index in [1.54, 1.807) is 13.2 Å². The Morgan fingerprint density at radius 3 is 2.81 bits per heavy atom. The topological polar surface area (TPSA) is 56.9 Å². The van der Waals surface area contributed by atoms with Gasteiger partial charge in [0.1, 0.15) is 11.4 Å². The summed E-state index contributed by atoms with van der Waals surface area (Å²) < 4.78 is 11.9. The third-order valence-corrected chi connectivity index (χ3v) is 3.08. The maximum atomic E-state index is 11.8. The molecule has 0 spiro atoms. The highest BCUT2D eigenvalue weighted by atomic mass is 32.2. The van der Waals surface area contributed by atoms with Crippen LogP contribution in [0.4, 0.5) is 0 Å². The van der Waals surface area contributed by atoms with E-state index < -0.39 is 10.8 Å². The highest BCUT2D eigenvalue weighted by Gasteiger charge is 2.15. The van der Waals surface area contributed by atoms with Gasteiger partial charge >= 0.3 is 5.82 Å². The van der Waals surface area contributed by atoms with Gasteiger partial charge in [-0.05, 0) is 24.0 Å². The van der Waals surface area contributed by atoms with Crippen LogP contribution in [-0.2, 0) is 16.6 Å². The Balaban J connectivity index is 2.68. The molecule has 1 aromatic heterocycles. The smallest absolute Gasteiger partial charge is 0.314 e. The molecule has 2 aromatic rings. The van der Waals surface area contributed by atoms with E-state index in [0.29, 0.717) is 11.5 Å². The molecule has 0 saturated carbocycles. The lowest BCUT2D eigenvalue weighted by molar-refractivity contribution is -0.621. The first-order valence-corrected chi connectivity index (χ1v) is 6.60. The number of benzene rings is 1. The maximum Gasteiger partial charge on any atom is 0.314 e. The van der Waals surface area contributed by atoms with Crippen LogP contribution in [0, 0.1) is 12.1 Å². The van der Waals surface area contributed by atoms with Gasteiger partial charge in [0.05, 0.1) is 5.39 Å². The summed E-state index contributed by atoms with van der Waals surface area (Å²) in [4.78, 5) is 4.23. The average molecular weight is 236 g/mol. The van der Waals surface area contributed by atoms with Crippen molar-refractivity contribution in [2.75, 3.05) is 6.26 Å². The second-order valence-electron chi connectivity index (χ2n) is 3.64. The monoisotopic (exact) mass is 236 g/mol. The van der Waals surface area contributed by atoms with Crippen molar-refractivity contribution in [1.29, 1.82) is 0 Å². The minimum absolute atomic E-state index is 0.190. The van der Waals surface area contributed by atoms with Gasteiger partial charge in [0.15, 0.2) is 5.52 Å². The Bertz CT molecular complexity index is 569. The first-order valence-electron chi connectivity index (χ1n) is 4.87. The number of para-hydroxylation sites is 1. The van der Waals surface area contributed by atoms with E-state index in [1.807, 2.05) is 24.3 Å². The van der Waals surface area contributed by atoms with Crippen LogP contribution in [0.2, 0.25) is 0 Å². The van der Waals surface area contributed by atoms with Gasteiger partial charge in [-0.1, -0.05) is 12.1 Å². The summed E-state index contributed by atoms with van der Waals surface area (Å²) in [5.74, 6) is 0.506. The standard InChI is InChI=1S/C11H12N2O2S/c1-8-9-5-3-4-6-10(9)12-11(13(8)14)7-16(2)15/h3-6H,7H2,1-2H3/t16-/m1/s1. The van der Waals surface area contributed by atoms with Crippen molar-refractivity contribution in [1.82, 2.24) is 4.98 Å². The summed E-state index contributed by atoms with van der Waals surface area (Å²) in [6.45, 7) is 1.75. The van der Waals surface area contributed by atoms with Gasteiger partial charge < -0.3 is 5.21 Å². The van der Waals surface area contributed by atoms with Crippen LogP contribution in [0.15, 0.2) is 24.3 Å². The third kappa shape index (κ3) is 1.90. The second-order valence-corrected chi connectivity index (χ2v) is 5.08. The first kappa shape index (κ1) is 11.0. The molecular weight excluding hydrogens is 224 g/mol. The molecule has 0 bridgehead atoms. The largest absolute Gasteiger partial charge is 0.711 e. The lowest BCUT2D eigenvalue weighted by Gasteiger charge is -2.10. The highest BCUT2D eigenvalue weighted by Crippen LogP contribution is 2.13. The fraction of sp³-hybridized carbons (Fsp3) is 0.273. The lowest BCUT2D eigenvalue weighted by atomic mass is 10.2. The zero-order chi connectivity index (χ0) is 11.7. The van der Waals surface area contributed by atoms with E-state index >= 15 is 0 Å². The van der Waals surface area contributed by atoms with Gasteiger partial charge in [0.2, 0.25) is 0 Å². The summed E-state index contributed by atoms with van der Waals surface area (Å²) in [6.07, 6.45) is 1.56. The lowest BCUT2D eigenvalue weighted by Crippen LogP contribution is -2.37. The Morgan fingerprint density at radius 1 is 1.44 bits per heavy atom. The molecule has 0 saturated heterocycles. The van der Waals surface area contributed by atoms with Crippen LogP contribution >= 0.6 is 0 Å². The number of hydrogen-bond donors (Lipinski definition) is 0. The molecule has 0 fully saturated rings. The van der Waals surface area contributed by atoms with Gasteiger partial charge in [-0.3, -0.25) is 4.21 Å². The molecule has 2 rings (SSSR count). The molecule has 1 atom stereocenters. The molecule has 0 unspecified atom stereocenters. The van der Waals surface area contributed by atoms with Gasteiger partial charge in [0.25, 0.3) is 0 Å².